The first-order chi connectivity index (χ1) is 12.1. The number of aryl methyl sites for hydroxylation is 2. The maximum absolute atomic E-state index is 10.8. The number of carbonyl (C=O) groups excluding carboxylic acids is 1. The van der Waals surface area contributed by atoms with Gasteiger partial charge in [0.1, 0.15) is 0 Å². The predicted octanol–water partition coefficient (Wildman–Crippen LogP) is 3.39. The molecule has 0 bridgehead atoms. The summed E-state index contributed by atoms with van der Waals surface area (Å²) in [6.07, 6.45) is 0.944. The Bertz CT molecular complexity index is 881. The van der Waals surface area contributed by atoms with E-state index in [4.69, 9.17) is 5.73 Å². The summed E-state index contributed by atoms with van der Waals surface area (Å²) in [6, 6.07) is 17.2. The Morgan fingerprint density at radius 2 is 1.88 bits per heavy atom. The van der Waals surface area contributed by atoms with Gasteiger partial charge in [-0.1, -0.05) is 42.0 Å². The summed E-state index contributed by atoms with van der Waals surface area (Å²) in [6.45, 7) is 6.24. The van der Waals surface area contributed by atoms with E-state index in [1.165, 1.54) is 33.3 Å². The molecule has 3 aromatic rings. The number of hydrogen-bond acceptors (Lipinski definition) is 2. The van der Waals surface area contributed by atoms with Crippen LogP contribution in [0.3, 0.4) is 0 Å². The van der Waals surface area contributed by atoms with Crippen molar-refractivity contribution in [2.75, 3.05) is 13.1 Å². The molecule has 1 amide bonds. The highest BCUT2D eigenvalue weighted by molar-refractivity contribution is 5.98. The molecule has 0 unspecified atom stereocenters. The molecule has 2 aromatic carbocycles. The summed E-state index contributed by atoms with van der Waals surface area (Å²) in [5, 5.41) is 4.38. The molecule has 4 heteroatoms. The largest absolute Gasteiger partial charge is 0.369 e. The van der Waals surface area contributed by atoms with Crippen LogP contribution in [0.4, 0.5) is 0 Å². The lowest BCUT2D eigenvalue weighted by Crippen LogP contribution is -2.29. The molecular formula is C21H25N3O. The van der Waals surface area contributed by atoms with Crippen LogP contribution in [0.1, 0.15) is 17.7 Å². The summed E-state index contributed by atoms with van der Waals surface area (Å²) < 4.78 is 2.38. The highest BCUT2D eigenvalue weighted by atomic mass is 16.1. The first-order valence-electron chi connectivity index (χ1n) is 8.72. The average Bonchev–Trinajstić information content (AvgIpc) is 2.86. The van der Waals surface area contributed by atoms with Crippen molar-refractivity contribution in [3.05, 3.63) is 59.8 Å². The van der Waals surface area contributed by atoms with Crippen molar-refractivity contribution in [2.24, 2.45) is 5.73 Å². The zero-order valence-corrected chi connectivity index (χ0v) is 14.9. The third-order valence-corrected chi connectivity index (χ3v) is 4.58. The van der Waals surface area contributed by atoms with Crippen molar-refractivity contribution >= 4 is 16.8 Å². The fraction of sp³-hybridized carbons (Fsp3) is 0.286. The first kappa shape index (κ1) is 17.2. The highest BCUT2D eigenvalue weighted by Gasteiger charge is 2.15. The van der Waals surface area contributed by atoms with Crippen LogP contribution < -0.4 is 11.1 Å². The number of nitrogens with zero attached hydrogens (tertiary/aromatic N) is 1. The Balaban J connectivity index is 1.93. The third-order valence-electron chi connectivity index (χ3n) is 4.58. The monoisotopic (exact) mass is 335 g/mol. The summed E-state index contributed by atoms with van der Waals surface area (Å²) in [4.78, 5) is 10.8. The van der Waals surface area contributed by atoms with Crippen LogP contribution in [0.5, 0.6) is 0 Å². The Morgan fingerprint density at radius 3 is 2.60 bits per heavy atom. The SMILES string of the molecule is Cc1ccc2c(c1)c(-c1ccccc1)c(C)n2CCCNCC(N)=O. The van der Waals surface area contributed by atoms with E-state index in [-0.39, 0.29) is 12.5 Å². The van der Waals surface area contributed by atoms with Crippen molar-refractivity contribution < 1.29 is 4.79 Å². The summed E-state index contributed by atoms with van der Waals surface area (Å²) >= 11 is 0. The molecule has 4 nitrogen and oxygen atoms in total. The standard InChI is InChI=1S/C21H25N3O/c1-15-9-10-19-18(13-15)21(17-7-4-3-5-8-17)16(2)24(19)12-6-11-23-14-20(22)25/h3-5,7-10,13,23H,6,11-12,14H2,1-2H3,(H2,22,25). The molecule has 3 N–H and O–H groups in total. The van der Waals surface area contributed by atoms with Crippen molar-refractivity contribution in [1.29, 1.82) is 0 Å². The molecule has 0 saturated carbocycles. The van der Waals surface area contributed by atoms with E-state index >= 15 is 0 Å². The van der Waals surface area contributed by atoms with Gasteiger partial charge in [-0.05, 0) is 44.5 Å². The minimum Gasteiger partial charge on any atom is -0.369 e. The normalized spacial score (nSPS) is 11.1. The molecule has 0 aliphatic carbocycles. The number of fused-ring (bicyclic) bond motifs is 1. The molecule has 25 heavy (non-hydrogen) atoms. The Hall–Kier alpha value is -2.59. The van der Waals surface area contributed by atoms with Crippen LogP contribution in [0.15, 0.2) is 48.5 Å². The Morgan fingerprint density at radius 1 is 1.12 bits per heavy atom. The molecule has 0 aliphatic heterocycles. The number of nitrogens with one attached hydrogen (secondary N) is 1. The zero-order valence-electron chi connectivity index (χ0n) is 14.9. The van der Waals surface area contributed by atoms with E-state index in [1.807, 2.05) is 6.07 Å². The van der Waals surface area contributed by atoms with Crippen LogP contribution in [-0.2, 0) is 11.3 Å². The van der Waals surface area contributed by atoms with Gasteiger partial charge in [-0.2, -0.15) is 0 Å². The van der Waals surface area contributed by atoms with Gasteiger partial charge in [0.2, 0.25) is 5.91 Å². The first-order valence-corrected chi connectivity index (χ1v) is 8.72. The van der Waals surface area contributed by atoms with Gasteiger partial charge in [0.15, 0.2) is 0 Å². The number of hydrogen-bond donors (Lipinski definition) is 2. The summed E-state index contributed by atoms with van der Waals surface area (Å²) in [5.41, 5.74) is 11.5. The summed E-state index contributed by atoms with van der Waals surface area (Å²) in [5.74, 6) is -0.315. The van der Waals surface area contributed by atoms with Crippen LogP contribution in [0.25, 0.3) is 22.0 Å². The van der Waals surface area contributed by atoms with Crippen LogP contribution >= 0.6 is 0 Å². The van der Waals surface area contributed by atoms with Crippen molar-refractivity contribution in [2.45, 2.75) is 26.8 Å². The van der Waals surface area contributed by atoms with Gasteiger partial charge in [-0.3, -0.25) is 4.79 Å². The highest BCUT2D eigenvalue weighted by Crippen LogP contribution is 2.35. The molecule has 0 atom stereocenters. The number of benzene rings is 2. The van der Waals surface area contributed by atoms with E-state index in [2.05, 4.69) is 66.2 Å². The maximum Gasteiger partial charge on any atom is 0.231 e. The minimum absolute atomic E-state index is 0.236. The van der Waals surface area contributed by atoms with Gasteiger partial charge < -0.3 is 15.6 Å². The predicted molar refractivity (Wildman–Crippen MR) is 104 cm³/mol. The van der Waals surface area contributed by atoms with Crippen molar-refractivity contribution in [3.63, 3.8) is 0 Å². The minimum atomic E-state index is -0.315. The number of primary amides is 1. The van der Waals surface area contributed by atoms with Crippen molar-refractivity contribution in [3.8, 4) is 11.1 Å². The molecule has 130 valence electrons. The molecule has 0 radical (unpaired) electrons. The average molecular weight is 335 g/mol. The van der Waals surface area contributed by atoms with Crippen LogP contribution in [-0.4, -0.2) is 23.6 Å². The van der Waals surface area contributed by atoms with Crippen molar-refractivity contribution in [1.82, 2.24) is 9.88 Å². The van der Waals surface area contributed by atoms with Gasteiger partial charge in [0.25, 0.3) is 0 Å². The van der Waals surface area contributed by atoms with Crippen LogP contribution in [0, 0.1) is 13.8 Å². The number of aromatic nitrogens is 1. The van der Waals surface area contributed by atoms with Gasteiger partial charge in [-0.25, -0.2) is 0 Å². The number of amides is 1. The number of carbonyl (C=O) groups is 1. The second-order valence-corrected chi connectivity index (χ2v) is 6.50. The van der Waals surface area contributed by atoms with E-state index in [0.717, 1.165) is 19.5 Å². The zero-order chi connectivity index (χ0) is 17.8. The molecular weight excluding hydrogens is 310 g/mol. The smallest absolute Gasteiger partial charge is 0.231 e. The van der Waals surface area contributed by atoms with Gasteiger partial charge >= 0.3 is 0 Å². The lowest BCUT2D eigenvalue weighted by Gasteiger charge is -2.09. The maximum atomic E-state index is 10.8. The molecule has 3 rings (SSSR count). The van der Waals surface area contributed by atoms with Gasteiger partial charge in [-0.15, -0.1) is 0 Å². The second-order valence-electron chi connectivity index (χ2n) is 6.50. The van der Waals surface area contributed by atoms with Gasteiger partial charge in [0, 0.05) is 28.7 Å². The van der Waals surface area contributed by atoms with Crippen LogP contribution in [0.2, 0.25) is 0 Å². The lowest BCUT2D eigenvalue weighted by atomic mass is 10.0. The quantitative estimate of drug-likeness (QED) is 0.650. The fourth-order valence-corrected chi connectivity index (χ4v) is 3.43. The number of rotatable bonds is 7. The van der Waals surface area contributed by atoms with E-state index in [9.17, 15) is 4.79 Å². The van der Waals surface area contributed by atoms with E-state index in [1.54, 1.807) is 0 Å². The Labute approximate surface area is 148 Å². The molecule has 1 aromatic heterocycles. The van der Waals surface area contributed by atoms with Gasteiger partial charge in [0.05, 0.1) is 6.54 Å². The molecule has 1 heterocycles. The van der Waals surface area contributed by atoms with E-state index in [0.29, 0.717) is 0 Å². The Kier molecular flexibility index (Phi) is 5.19. The summed E-state index contributed by atoms with van der Waals surface area (Å²) in [7, 11) is 0. The molecule has 0 fully saturated rings. The van der Waals surface area contributed by atoms with E-state index < -0.39 is 0 Å². The lowest BCUT2D eigenvalue weighted by molar-refractivity contribution is -0.117. The second kappa shape index (κ2) is 7.53. The molecule has 0 saturated heterocycles. The topological polar surface area (TPSA) is 60.1 Å². The molecule has 0 aliphatic rings. The molecule has 0 spiro atoms. The fourth-order valence-electron chi connectivity index (χ4n) is 3.43. The number of nitrogens with two attached hydrogens (primary N) is 1. The third kappa shape index (κ3) is 3.74.